The lowest BCUT2D eigenvalue weighted by atomic mass is 10.0. The van der Waals surface area contributed by atoms with E-state index in [9.17, 15) is 24.6 Å². The first-order valence-electron chi connectivity index (χ1n) is 6.03. The molecule has 10 heteroatoms. The molecule has 0 saturated carbocycles. The highest BCUT2D eigenvalue weighted by atomic mass is 16.6. The molecule has 0 aliphatic carbocycles. The number of carboxylic acids is 1. The minimum atomic E-state index is -2.13. The van der Waals surface area contributed by atoms with Crippen molar-refractivity contribution in [1.29, 1.82) is 0 Å². The number of nitrogens with one attached hydrogen (secondary N) is 1. The number of aromatic nitrogens is 2. The summed E-state index contributed by atoms with van der Waals surface area (Å²) in [6, 6.07) is 0. The minimum absolute atomic E-state index is 0.223. The lowest BCUT2D eigenvalue weighted by Gasteiger charge is -2.25. The number of aryl methyl sites for hydroxylation is 1. The number of rotatable bonds is 3. The molecule has 10 nitrogen and oxygen atoms in total. The quantitative estimate of drug-likeness (QED) is 0.374. The largest absolute Gasteiger partial charge is 0.479 e. The molecule has 0 bridgehead atoms. The van der Waals surface area contributed by atoms with Crippen molar-refractivity contribution in [2.24, 2.45) is 5.73 Å². The predicted octanol–water partition coefficient (Wildman–Crippen LogP) is -2.77. The summed E-state index contributed by atoms with van der Waals surface area (Å²) >= 11 is 0. The van der Waals surface area contributed by atoms with Crippen LogP contribution in [0.25, 0.3) is 0 Å². The Hall–Kier alpha value is -2.01. The number of aromatic amines is 1. The van der Waals surface area contributed by atoms with E-state index in [-0.39, 0.29) is 12.0 Å². The number of carbonyl (C=O) groups is 1. The van der Waals surface area contributed by atoms with Gasteiger partial charge in [0.15, 0.2) is 6.10 Å². The van der Waals surface area contributed by atoms with Crippen LogP contribution in [-0.2, 0) is 9.53 Å². The van der Waals surface area contributed by atoms with Gasteiger partial charge < -0.3 is 25.8 Å². The van der Waals surface area contributed by atoms with E-state index >= 15 is 0 Å². The Balaban J connectivity index is 2.37. The summed E-state index contributed by atoms with van der Waals surface area (Å²) in [4.78, 5) is 35.8. The molecule has 1 saturated heterocycles. The number of aliphatic carboxylic acids is 1. The molecule has 4 atom stereocenters. The fourth-order valence-corrected chi connectivity index (χ4v) is 2.17. The number of ether oxygens (including phenoxy) is 1. The normalized spacial score (nSPS) is 30.3. The number of aliphatic hydroxyl groups is 2. The van der Waals surface area contributed by atoms with Crippen molar-refractivity contribution in [3.05, 3.63) is 32.6 Å². The van der Waals surface area contributed by atoms with Crippen molar-refractivity contribution in [1.82, 2.24) is 9.55 Å². The molecule has 1 unspecified atom stereocenters. The van der Waals surface area contributed by atoms with Crippen molar-refractivity contribution in [3.8, 4) is 0 Å². The fourth-order valence-electron chi connectivity index (χ4n) is 2.17. The summed E-state index contributed by atoms with van der Waals surface area (Å²) in [5.74, 6) is -1.62. The van der Waals surface area contributed by atoms with Crippen LogP contribution in [-0.4, -0.2) is 48.8 Å². The molecule has 0 amide bonds. The number of aliphatic hydroxyl groups excluding tert-OH is 1. The first kappa shape index (κ1) is 15.4. The second kappa shape index (κ2) is 5.07. The van der Waals surface area contributed by atoms with Gasteiger partial charge in [0, 0.05) is 18.2 Å². The zero-order valence-corrected chi connectivity index (χ0v) is 11.0. The first-order chi connectivity index (χ1) is 9.63. The molecular formula is C11H15N3O7. The Labute approximate surface area is 117 Å². The maximum atomic E-state index is 11.7. The third kappa shape index (κ3) is 2.74. The summed E-state index contributed by atoms with van der Waals surface area (Å²) in [6.07, 6.45) is -3.89. The molecular weight excluding hydrogens is 286 g/mol. The molecule has 1 aliphatic rings. The number of hydrogen-bond donors (Lipinski definition) is 5. The van der Waals surface area contributed by atoms with E-state index in [0.717, 1.165) is 4.57 Å². The van der Waals surface area contributed by atoms with Crippen LogP contribution in [0.1, 0.15) is 18.2 Å². The summed E-state index contributed by atoms with van der Waals surface area (Å²) in [5.41, 5.74) is 2.25. The van der Waals surface area contributed by atoms with E-state index in [0.29, 0.717) is 0 Å². The van der Waals surface area contributed by atoms with E-state index < -0.39 is 41.4 Å². The average molecular weight is 301 g/mol. The van der Waals surface area contributed by atoms with Crippen molar-refractivity contribution >= 4 is 5.97 Å². The highest BCUT2D eigenvalue weighted by Crippen LogP contribution is 2.34. The molecule has 2 rings (SSSR count). The van der Waals surface area contributed by atoms with Gasteiger partial charge in [-0.15, -0.1) is 0 Å². The highest BCUT2D eigenvalue weighted by Gasteiger charge is 2.51. The molecule has 1 aromatic rings. The average Bonchev–Trinajstić information content (AvgIpc) is 2.68. The van der Waals surface area contributed by atoms with E-state index in [2.05, 4.69) is 0 Å². The third-order valence-corrected chi connectivity index (χ3v) is 3.29. The molecule has 0 aromatic carbocycles. The second-order valence-corrected chi connectivity index (χ2v) is 4.97. The van der Waals surface area contributed by atoms with Gasteiger partial charge >= 0.3 is 11.7 Å². The van der Waals surface area contributed by atoms with Crippen molar-refractivity contribution in [2.45, 2.75) is 37.5 Å². The van der Waals surface area contributed by atoms with Crippen LogP contribution < -0.4 is 17.0 Å². The lowest BCUT2D eigenvalue weighted by Crippen LogP contribution is -2.54. The maximum absolute atomic E-state index is 11.7. The monoisotopic (exact) mass is 301 g/mol. The van der Waals surface area contributed by atoms with Gasteiger partial charge in [-0.2, -0.15) is 0 Å². The second-order valence-electron chi connectivity index (χ2n) is 4.97. The standard InChI is InChI=1S/C11H15N3O7/c1-4-3-14(10(19)13-8(4)16)5-2-11(12,20)7(21-5)6(15)9(17)18/h3,5-7,15,20H,2,12H2,1H3,(H,17,18)(H,13,16,19)/t5-,6?,7-,11+/m1/s1. The predicted molar refractivity (Wildman–Crippen MR) is 67.4 cm³/mol. The van der Waals surface area contributed by atoms with E-state index in [1.807, 2.05) is 4.98 Å². The Morgan fingerprint density at radius 1 is 1.62 bits per heavy atom. The van der Waals surface area contributed by atoms with Gasteiger partial charge in [0.25, 0.3) is 5.56 Å². The number of nitrogens with zero attached hydrogens (tertiary/aromatic N) is 1. The SMILES string of the molecule is Cc1cn([C@H]2C[C@](N)(O)[C@@H](C(O)C(=O)O)O2)c(=O)[nH]c1=O. The minimum Gasteiger partial charge on any atom is -0.479 e. The summed E-state index contributed by atoms with van der Waals surface area (Å²) in [6.45, 7) is 1.46. The molecule has 116 valence electrons. The number of carboxylic acid groups (broad SMARTS) is 1. The van der Waals surface area contributed by atoms with Gasteiger partial charge in [-0.25, -0.2) is 9.59 Å². The van der Waals surface area contributed by atoms with Gasteiger partial charge in [-0.1, -0.05) is 0 Å². The number of H-pyrrole nitrogens is 1. The van der Waals surface area contributed by atoms with Crippen LogP contribution in [0.3, 0.4) is 0 Å². The summed E-state index contributed by atoms with van der Waals surface area (Å²) in [5, 5.41) is 28.2. The molecule has 1 aromatic heterocycles. The fraction of sp³-hybridized carbons (Fsp3) is 0.545. The van der Waals surface area contributed by atoms with Gasteiger partial charge in [-0.05, 0) is 6.92 Å². The van der Waals surface area contributed by atoms with Crippen LogP contribution >= 0.6 is 0 Å². The first-order valence-corrected chi connectivity index (χ1v) is 6.03. The Bertz CT molecular complexity index is 677. The molecule has 1 aliphatic heterocycles. The molecule has 21 heavy (non-hydrogen) atoms. The van der Waals surface area contributed by atoms with Crippen molar-refractivity contribution < 1.29 is 24.9 Å². The zero-order chi connectivity index (χ0) is 15.9. The van der Waals surface area contributed by atoms with Crippen LogP contribution in [0.2, 0.25) is 0 Å². The Morgan fingerprint density at radius 2 is 2.24 bits per heavy atom. The highest BCUT2D eigenvalue weighted by molar-refractivity contribution is 5.73. The summed E-state index contributed by atoms with van der Waals surface area (Å²) in [7, 11) is 0. The van der Waals surface area contributed by atoms with Crippen LogP contribution in [0.4, 0.5) is 0 Å². The summed E-state index contributed by atoms with van der Waals surface area (Å²) < 4.78 is 6.17. The van der Waals surface area contributed by atoms with E-state index in [4.69, 9.17) is 15.6 Å². The number of hydrogen-bond acceptors (Lipinski definition) is 7. The van der Waals surface area contributed by atoms with Gasteiger partial charge in [0.1, 0.15) is 18.1 Å². The van der Waals surface area contributed by atoms with Gasteiger partial charge in [-0.3, -0.25) is 14.3 Å². The molecule has 0 spiro atoms. The molecule has 0 radical (unpaired) electrons. The molecule has 6 N–H and O–H groups in total. The Kier molecular flexibility index (Phi) is 3.72. The van der Waals surface area contributed by atoms with Crippen LogP contribution in [0.5, 0.6) is 0 Å². The van der Waals surface area contributed by atoms with Gasteiger partial charge in [0.05, 0.1) is 0 Å². The van der Waals surface area contributed by atoms with E-state index in [1.54, 1.807) is 0 Å². The maximum Gasteiger partial charge on any atom is 0.335 e. The van der Waals surface area contributed by atoms with Crippen molar-refractivity contribution in [3.63, 3.8) is 0 Å². The van der Waals surface area contributed by atoms with Crippen LogP contribution in [0.15, 0.2) is 15.8 Å². The topological polar surface area (TPSA) is 168 Å². The smallest absolute Gasteiger partial charge is 0.335 e. The molecule has 2 heterocycles. The third-order valence-electron chi connectivity index (χ3n) is 3.29. The van der Waals surface area contributed by atoms with Gasteiger partial charge in [0.2, 0.25) is 0 Å². The number of nitrogens with two attached hydrogens (primary N) is 1. The molecule has 1 fully saturated rings. The van der Waals surface area contributed by atoms with Crippen LogP contribution in [0, 0.1) is 6.92 Å². The van der Waals surface area contributed by atoms with Crippen molar-refractivity contribution in [2.75, 3.05) is 0 Å². The Morgan fingerprint density at radius 3 is 2.81 bits per heavy atom. The lowest BCUT2D eigenvalue weighted by molar-refractivity contribution is -0.167. The zero-order valence-electron chi connectivity index (χ0n) is 11.0. The van der Waals surface area contributed by atoms with E-state index in [1.165, 1.54) is 13.1 Å².